The van der Waals surface area contributed by atoms with Crippen molar-refractivity contribution in [1.29, 1.82) is 5.26 Å². The lowest BCUT2D eigenvalue weighted by Crippen LogP contribution is -2.45. The second-order valence-electron chi connectivity index (χ2n) is 4.46. The molecule has 0 bridgehead atoms. The molecule has 5 heteroatoms. The standard InChI is InChI=1S/C14H18N2O3/c15-9-12-1-3-13(4-2-12)18-7-5-16-6-8-19-14(10-16)11-17/h1-4,14,17H,5-8,10-11H2. The Morgan fingerprint density at radius 3 is 2.89 bits per heavy atom. The number of ether oxygens (including phenoxy) is 2. The number of benzene rings is 1. The summed E-state index contributed by atoms with van der Waals surface area (Å²) in [6.07, 6.45) is -0.0799. The van der Waals surface area contributed by atoms with Gasteiger partial charge in [0.1, 0.15) is 12.4 Å². The minimum atomic E-state index is -0.0799. The van der Waals surface area contributed by atoms with Gasteiger partial charge in [-0.15, -0.1) is 0 Å². The van der Waals surface area contributed by atoms with E-state index >= 15 is 0 Å². The van der Waals surface area contributed by atoms with Crippen molar-refractivity contribution in [3.8, 4) is 11.8 Å². The molecule has 1 N–H and O–H groups in total. The molecule has 1 aliphatic heterocycles. The first-order chi connectivity index (χ1) is 9.31. The number of nitrogens with zero attached hydrogens (tertiary/aromatic N) is 2. The Hall–Kier alpha value is -1.61. The van der Waals surface area contributed by atoms with Crippen LogP contribution in [0.3, 0.4) is 0 Å². The van der Waals surface area contributed by atoms with Gasteiger partial charge in [0.2, 0.25) is 0 Å². The Morgan fingerprint density at radius 2 is 2.21 bits per heavy atom. The minimum absolute atomic E-state index is 0.0625. The molecule has 2 rings (SSSR count). The second kappa shape index (κ2) is 7.10. The molecule has 1 unspecified atom stereocenters. The molecule has 1 aromatic rings. The molecule has 0 aromatic heterocycles. The Labute approximate surface area is 113 Å². The number of hydrogen-bond acceptors (Lipinski definition) is 5. The summed E-state index contributed by atoms with van der Waals surface area (Å²) >= 11 is 0. The molecule has 0 radical (unpaired) electrons. The van der Waals surface area contributed by atoms with Gasteiger partial charge in [-0.1, -0.05) is 0 Å². The normalized spacial score (nSPS) is 19.9. The maximum Gasteiger partial charge on any atom is 0.119 e. The third-order valence-corrected chi connectivity index (χ3v) is 3.09. The first-order valence-corrected chi connectivity index (χ1v) is 6.39. The van der Waals surface area contributed by atoms with E-state index in [1.165, 1.54) is 0 Å². The molecular weight excluding hydrogens is 244 g/mol. The van der Waals surface area contributed by atoms with Gasteiger partial charge in [-0.05, 0) is 24.3 Å². The molecule has 102 valence electrons. The molecule has 1 aromatic carbocycles. The van der Waals surface area contributed by atoms with Gasteiger partial charge in [0.15, 0.2) is 0 Å². The van der Waals surface area contributed by atoms with Gasteiger partial charge in [-0.2, -0.15) is 5.26 Å². The fourth-order valence-corrected chi connectivity index (χ4v) is 2.01. The molecule has 0 spiro atoms. The van der Waals surface area contributed by atoms with Crippen LogP contribution in [-0.4, -0.2) is 55.6 Å². The summed E-state index contributed by atoms with van der Waals surface area (Å²) in [5.74, 6) is 0.769. The van der Waals surface area contributed by atoms with E-state index in [1.54, 1.807) is 24.3 Å². The van der Waals surface area contributed by atoms with Gasteiger partial charge in [0.25, 0.3) is 0 Å². The Kier molecular flexibility index (Phi) is 5.16. The highest BCUT2D eigenvalue weighted by Crippen LogP contribution is 2.12. The van der Waals surface area contributed by atoms with E-state index < -0.39 is 0 Å². The summed E-state index contributed by atoms with van der Waals surface area (Å²) in [5, 5.41) is 17.7. The summed E-state index contributed by atoms with van der Waals surface area (Å²) in [4.78, 5) is 2.22. The average Bonchev–Trinajstić information content (AvgIpc) is 2.48. The van der Waals surface area contributed by atoms with E-state index in [0.29, 0.717) is 18.8 Å². The summed E-state index contributed by atoms with van der Waals surface area (Å²) < 4.78 is 11.0. The van der Waals surface area contributed by atoms with Crippen molar-refractivity contribution in [2.75, 3.05) is 39.5 Å². The van der Waals surface area contributed by atoms with Crippen LogP contribution in [0.5, 0.6) is 5.75 Å². The molecule has 1 aliphatic rings. The summed E-state index contributed by atoms with van der Waals surface area (Å²) in [6.45, 7) is 3.72. The summed E-state index contributed by atoms with van der Waals surface area (Å²) in [6, 6.07) is 9.16. The van der Waals surface area contributed by atoms with E-state index in [9.17, 15) is 0 Å². The molecule has 1 atom stereocenters. The highest BCUT2D eigenvalue weighted by molar-refractivity contribution is 5.34. The van der Waals surface area contributed by atoms with Gasteiger partial charge in [-0.3, -0.25) is 4.90 Å². The van der Waals surface area contributed by atoms with Crippen LogP contribution >= 0.6 is 0 Å². The average molecular weight is 262 g/mol. The Balaban J connectivity index is 1.72. The maximum atomic E-state index is 9.05. The highest BCUT2D eigenvalue weighted by atomic mass is 16.5. The molecule has 19 heavy (non-hydrogen) atoms. The largest absolute Gasteiger partial charge is 0.492 e. The molecule has 5 nitrogen and oxygen atoms in total. The fourth-order valence-electron chi connectivity index (χ4n) is 2.01. The second-order valence-corrected chi connectivity index (χ2v) is 4.46. The number of aliphatic hydroxyl groups excluding tert-OH is 1. The molecule has 0 amide bonds. The molecule has 0 saturated carbocycles. The van der Waals surface area contributed by atoms with Crippen molar-refractivity contribution in [2.24, 2.45) is 0 Å². The zero-order valence-corrected chi connectivity index (χ0v) is 10.8. The van der Waals surface area contributed by atoms with Gasteiger partial charge >= 0.3 is 0 Å². The SMILES string of the molecule is N#Cc1ccc(OCCN2CCOC(CO)C2)cc1. The van der Waals surface area contributed by atoms with Gasteiger partial charge in [0.05, 0.1) is 31.0 Å². The lowest BCUT2D eigenvalue weighted by Gasteiger charge is -2.31. The van der Waals surface area contributed by atoms with Crippen LogP contribution in [-0.2, 0) is 4.74 Å². The Bertz CT molecular complexity index is 427. The minimum Gasteiger partial charge on any atom is -0.492 e. The van der Waals surface area contributed by atoms with E-state index in [2.05, 4.69) is 11.0 Å². The number of rotatable bonds is 5. The predicted molar refractivity (Wildman–Crippen MR) is 69.9 cm³/mol. The van der Waals surface area contributed by atoms with Gasteiger partial charge in [0, 0.05) is 19.6 Å². The fraction of sp³-hybridized carbons (Fsp3) is 0.500. The van der Waals surface area contributed by atoms with Crippen molar-refractivity contribution in [3.05, 3.63) is 29.8 Å². The van der Waals surface area contributed by atoms with Crippen LogP contribution in [0, 0.1) is 11.3 Å². The topological polar surface area (TPSA) is 65.7 Å². The smallest absolute Gasteiger partial charge is 0.119 e. The van der Waals surface area contributed by atoms with Crippen LogP contribution in [0.15, 0.2) is 24.3 Å². The third kappa shape index (κ3) is 4.21. The van der Waals surface area contributed by atoms with Crippen molar-refractivity contribution >= 4 is 0 Å². The quantitative estimate of drug-likeness (QED) is 0.843. The number of morpholine rings is 1. The summed E-state index contributed by atoms with van der Waals surface area (Å²) in [5.41, 5.74) is 0.631. The van der Waals surface area contributed by atoms with Crippen LogP contribution in [0.2, 0.25) is 0 Å². The van der Waals surface area contributed by atoms with Crippen LogP contribution in [0.25, 0.3) is 0 Å². The number of aliphatic hydroxyl groups is 1. The molecule has 1 saturated heterocycles. The molecule has 1 heterocycles. The molecular formula is C14H18N2O3. The van der Waals surface area contributed by atoms with Crippen molar-refractivity contribution < 1.29 is 14.6 Å². The third-order valence-electron chi connectivity index (χ3n) is 3.09. The van der Waals surface area contributed by atoms with Crippen LogP contribution < -0.4 is 4.74 Å². The maximum absolute atomic E-state index is 9.05. The van der Waals surface area contributed by atoms with E-state index in [0.717, 1.165) is 25.4 Å². The van der Waals surface area contributed by atoms with Crippen LogP contribution in [0.1, 0.15) is 5.56 Å². The van der Waals surface area contributed by atoms with Crippen molar-refractivity contribution in [2.45, 2.75) is 6.10 Å². The zero-order valence-electron chi connectivity index (χ0n) is 10.8. The number of hydrogen-bond donors (Lipinski definition) is 1. The van der Waals surface area contributed by atoms with E-state index in [1.807, 2.05) is 0 Å². The lowest BCUT2D eigenvalue weighted by atomic mass is 10.2. The monoisotopic (exact) mass is 262 g/mol. The lowest BCUT2D eigenvalue weighted by molar-refractivity contribution is -0.0547. The molecule has 1 fully saturated rings. The first-order valence-electron chi connectivity index (χ1n) is 6.39. The van der Waals surface area contributed by atoms with Gasteiger partial charge < -0.3 is 14.6 Å². The molecule has 0 aliphatic carbocycles. The van der Waals surface area contributed by atoms with Crippen molar-refractivity contribution in [1.82, 2.24) is 4.90 Å². The van der Waals surface area contributed by atoms with Crippen molar-refractivity contribution in [3.63, 3.8) is 0 Å². The van der Waals surface area contributed by atoms with Gasteiger partial charge in [-0.25, -0.2) is 0 Å². The first kappa shape index (κ1) is 13.8. The predicted octanol–water partition coefficient (Wildman–Crippen LogP) is 0.630. The Morgan fingerprint density at radius 1 is 1.42 bits per heavy atom. The zero-order chi connectivity index (χ0) is 13.5. The van der Waals surface area contributed by atoms with Crippen LogP contribution in [0.4, 0.5) is 0 Å². The summed E-state index contributed by atoms with van der Waals surface area (Å²) in [7, 11) is 0. The van der Waals surface area contributed by atoms with E-state index in [-0.39, 0.29) is 12.7 Å². The highest BCUT2D eigenvalue weighted by Gasteiger charge is 2.19. The number of nitriles is 1. The van der Waals surface area contributed by atoms with E-state index in [4.69, 9.17) is 19.8 Å².